The molecule has 1 aromatic heterocycles. The number of carbonyl (C=O) groups excluding carboxylic acids is 2. The fourth-order valence-electron chi connectivity index (χ4n) is 2.86. The van der Waals surface area contributed by atoms with Crippen molar-refractivity contribution < 1.29 is 14.3 Å². The Kier molecular flexibility index (Phi) is 6.23. The highest BCUT2D eigenvalue weighted by molar-refractivity contribution is 7.10. The molecule has 0 bridgehead atoms. The van der Waals surface area contributed by atoms with E-state index in [1.54, 1.807) is 11.3 Å². The van der Waals surface area contributed by atoms with Gasteiger partial charge in [-0.25, -0.2) is 0 Å². The molecule has 0 saturated heterocycles. The van der Waals surface area contributed by atoms with Crippen LogP contribution in [0.5, 0.6) is 0 Å². The summed E-state index contributed by atoms with van der Waals surface area (Å²) in [5.74, 6) is 0.435. The highest BCUT2D eigenvalue weighted by atomic mass is 32.1. The number of ether oxygens (including phenoxy) is 1. The number of hydrogen-bond acceptors (Lipinski definition) is 4. The second kappa shape index (κ2) is 8.17. The summed E-state index contributed by atoms with van der Waals surface area (Å²) in [5, 5.41) is 4.93. The lowest BCUT2D eigenvalue weighted by atomic mass is 10.0. The Bertz CT molecular complexity index is 452. The summed E-state index contributed by atoms with van der Waals surface area (Å²) < 4.78 is 4.72. The van der Waals surface area contributed by atoms with E-state index in [0.717, 1.165) is 11.3 Å². The van der Waals surface area contributed by atoms with E-state index in [4.69, 9.17) is 4.74 Å². The van der Waals surface area contributed by atoms with Gasteiger partial charge in [-0.15, -0.1) is 11.3 Å². The molecule has 1 amide bonds. The van der Waals surface area contributed by atoms with E-state index in [1.807, 2.05) is 17.5 Å². The SMILES string of the molecule is COC(=O)C[C@@H](NC(=O)CCC1CCCC1)c1cccs1. The number of rotatable bonds is 7. The maximum Gasteiger partial charge on any atom is 0.307 e. The third-order valence-corrected chi connectivity index (χ3v) is 5.06. The topological polar surface area (TPSA) is 55.4 Å². The summed E-state index contributed by atoms with van der Waals surface area (Å²) in [7, 11) is 1.37. The molecule has 1 heterocycles. The van der Waals surface area contributed by atoms with Crippen molar-refractivity contribution in [2.45, 2.75) is 51.0 Å². The van der Waals surface area contributed by atoms with Crippen molar-refractivity contribution in [3.63, 3.8) is 0 Å². The minimum Gasteiger partial charge on any atom is -0.469 e. The van der Waals surface area contributed by atoms with Crippen LogP contribution in [-0.2, 0) is 14.3 Å². The fourth-order valence-corrected chi connectivity index (χ4v) is 3.64. The fraction of sp³-hybridized carbons (Fsp3) is 0.625. The van der Waals surface area contributed by atoms with E-state index in [9.17, 15) is 9.59 Å². The van der Waals surface area contributed by atoms with E-state index in [-0.39, 0.29) is 24.3 Å². The molecule has 1 N–H and O–H groups in total. The largest absolute Gasteiger partial charge is 0.469 e. The van der Waals surface area contributed by atoms with Crippen molar-refractivity contribution in [3.05, 3.63) is 22.4 Å². The molecule has 0 aromatic carbocycles. The van der Waals surface area contributed by atoms with Gasteiger partial charge in [-0.2, -0.15) is 0 Å². The van der Waals surface area contributed by atoms with E-state index in [0.29, 0.717) is 12.3 Å². The van der Waals surface area contributed by atoms with Crippen molar-refractivity contribution in [1.29, 1.82) is 0 Å². The van der Waals surface area contributed by atoms with Crippen LogP contribution in [0.2, 0.25) is 0 Å². The molecule has 5 heteroatoms. The van der Waals surface area contributed by atoms with E-state index >= 15 is 0 Å². The number of methoxy groups -OCH3 is 1. The van der Waals surface area contributed by atoms with Crippen LogP contribution in [-0.4, -0.2) is 19.0 Å². The molecule has 21 heavy (non-hydrogen) atoms. The summed E-state index contributed by atoms with van der Waals surface area (Å²) in [6.07, 6.45) is 6.80. The van der Waals surface area contributed by atoms with Gasteiger partial charge in [-0.3, -0.25) is 9.59 Å². The zero-order chi connectivity index (χ0) is 15.1. The molecular formula is C16H23NO3S. The van der Waals surface area contributed by atoms with Gasteiger partial charge in [0.05, 0.1) is 19.6 Å². The molecule has 0 radical (unpaired) electrons. The van der Waals surface area contributed by atoms with Crippen LogP contribution in [0.1, 0.15) is 55.9 Å². The second-order valence-corrected chi connectivity index (χ2v) is 6.58. The number of esters is 1. The minimum atomic E-state index is -0.301. The Morgan fingerprint density at radius 1 is 1.43 bits per heavy atom. The Morgan fingerprint density at radius 2 is 2.19 bits per heavy atom. The standard InChI is InChI=1S/C16H23NO3S/c1-20-16(19)11-13(14-7-4-10-21-14)17-15(18)9-8-12-5-2-3-6-12/h4,7,10,12-13H,2-3,5-6,8-9,11H2,1H3,(H,17,18)/t13-/m1/s1. The number of amides is 1. The summed E-state index contributed by atoms with van der Waals surface area (Å²) in [6, 6.07) is 3.60. The predicted molar refractivity (Wildman–Crippen MR) is 83.0 cm³/mol. The molecule has 116 valence electrons. The van der Waals surface area contributed by atoms with Crippen LogP contribution in [0.4, 0.5) is 0 Å². The molecule has 0 spiro atoms. The lowest BCUT2D eigenvalue weighted by molar-refractivity contribution is -0.141. The Labute approximate surface area is 129 Å². The van der Waals surface area contributed by atoms with E-state index < -0.39 is 0 Å². The zero-order valence-corrected chi connectivity index (χ0v) is 13.3. The predicted octanol–water partition coefficient (Wildman–Crippen LogP) is 3.44. The van der Waals surface area contributed by atoms with Crippen molar-refractivity contribution in [2.75, 3.05) is 7.11 Å². The minimum absolute atomic E-state index is 0.0317. The van der Waals surface area contributed by atoms with Crippen LogP contribution < -0.4 is 5.32 Å². The van der Waals surface area contributed by atoms with E-state index in [2.05, 4.69) is 5.32 Å². The molecular weight excluding hydrogens is 286 g/mol. The molecule has 1 atom stereocenters. The van der Waals surface area contributed by atoms with Gasteiger partial charge in [0.2, 0.25) is 5.91 Å². The van der Waals surface area contributed by atoms with Gasteiger partial charge in [0.25, 0.3) is 0 Å². The van der Waals surface area contributed by atoms with Crippen molar-refractivity contribution >= 4 is 23.2 Å². The van der Waals surface area contributed by atoms with Crippen LogP contribution in [0.15, 0.2) is 17.5 Å². The number of nitrogens with one attached hydrogen (secondary N) is 1. The lowest BCUT2D eigenvalue weighted by Gasteiger charge is -2.17. The number of carbonyl (C=O) groups is 2. The van der Waals surface area contributed by atoms with Gasteiger partial charge in [-0.05, 0) is 23.8 Å². The molecule has 1 aliphatic carbocycles. The molecule has 1 aliphatic rings. The maximum absolute atomic E-state index is 12.1. The van der Waals surface area contributed by atoms with Gasteiger partial charge in [-0.1, -0.05) is 31.7 Å². The Hall–Kier alpha value is -1.36. The van der Waals surface area contributed by atoms with Crippen LogP contribution in [0.3, 0.4) is 0 Å². The normalized spacial score (nSPS) is 16.6. The first kappa shape index (κ1) is 16.0. The molecule has 0 unspecified atom stereocenters. The second-order valence-electron chi connectivity index (χ2n) is 5.60. The van der Waals surface area contributed by atoms with Gasteiger partial charge in [0.15, 0.2) is 0 Å². The van der Waals surface area contributed by atoms with Crippen molar-refractivity contribution in [2.24, 2.45) is 5.92 Å². The highest BCUT2D eigenvalue weighted by Gasteiger charge is 2.21. The number of hydrogen-bond donors (Lipinski definition) is 1. The van der Waals surface area contributed by atoms with Gasteiger partial charge < -0.3 is 10.1 Å². The van der Waals surface area contributed by atoms with Crippen LogP contribution >= 0.6 is 11.3 Å². The molecule has 2 rings (SSSR count). The molecule has 1 aromatic rings. The van der Waals surface area contributed by atoms with Crippen molar-refractivity contribution in [1.82, 2.24) is 5.32 Å². The van der Waals surface area contributed by atoms with E-state index in [1.165, 1.54) is 32.8 Å². The first-order valence-corrected chi connectivity index (χ1v) is 8.46. The van der Waals surface area contributed by atoms with Crippen LogP contribution in [0, 0.1) is 5.92 Å². The molecule has 0 aliphatic heterocycles. The monoisotopic (exact) mass is 309 g/mol. The third kappa shape index (κ3) is 5.16. The first-order valence-electron chi connectivity index (χ1n) is 7.58. The number of thiophene rings is 1. The quantitative estimate of drug-likeness (QED) is 0.785. The van der Waals surface area contributed by atoms with Gasteiger partial charge >= 0.3 is 5.97 Å². The maximum atomic E-state index is 12.1. The average molecular weight is 309 g/mol. The molecule has 4 nitrogen and oxygen atoms in total. The first-order chi connectivity index (χ1) is 10.2. The Morgan fingerprint density at radius 3 is 2.81 bits per heavy atom. The van der Waals surface area contributed by atoms with Crippen LogP contribution in [0.25, 0.3) is 0 Å². The third-order valence-electron chi connectivity index (χ3n) is 4.07. The van der Waals surface area contributed by atoms with Gasteiger partial charge in [0, 0.05) is 11.3 Å². The Balaban J connectivity index is 1.85. The smallest absolute Gasteiger partial charge is 0.307 e. The van der Waals surface area contributed by atoms with Crippen molar-refractivity contribution in [3.8, 4) is 0 Å². The molecule has 1 saturated carbocycles. The summed E-state index contributed by atoms with van der Waals surface area (Å²) >= 11 is 1.55. The summed E-state index contributed by atoms with van der Waals surface area (Å²) in [5.41, 5.74) is 0. The van der Waals surface area contributed by atoms with Gasteiger partial charge in [0.1, 0.15) is 0 Å². The average Bonchev–Trinajstić information content (AvgIpc) is 3.17. The summed E-state index contributed by atoms with van der Waals surface area (Å²) in [4.78, 5) is 24.6. The highest BCUT2D eigenvalue weighted by Crippen LogP contribution is 2.29. The molecule has 1 fully saturated rings. The zero-order valence-electron chi connectivity index (χ0n) is 12.5. The summed E-state index contributed by atoms with van der Waals surface area (Å²) in [6.45, 7) is 0. The lowest BCUT2D eigenvalue weighted by Crippen LogP contribution is -2.30.